The summed E-state index contributed by atoms with van der Waals surface area (Å²) in [6.45, 7) is 6.19. The van der Waals surface area contributed by atoms with Crippen molar-refractivity contribution in [1.82, 2.24) is 19.9 Å². The number of carboxylic acid groups (broad SMARTS) is 1. The third kappa shape index (κ3) is 7.77. The van der Waals surface area contributed by atoms with E-state index in [9.17, 15) is 14.3 Å². The van der Waals surface area contributed by atoms with Crippen LogP contribution in [0.25, 0.3) is 11.4 Å². The number of hydrogen-bond acceptors (Lipinski definition) is 8. The average Bonchev–Trinajstić information content (AvgIpc) is 3.03. The highest BCUT2D eigenvalue weighted by atomic mass is 19.1. The molecule has 0 aliphatic carbocycles. The Kier molecular flexibility index (Phi) is 9.32. The van der Waals surface area contributed by atoms with Crippen molar-refractivity contribution in [3.63, 3.8) is 0 Å². The lowest BCUT2D eigenvalue weighted by Crippen LogP contribution is -2.35. The molecular formula is C35H34FN5O4. The highest BCUT2D eigenvalue weighted by Crippen LogP contribution is 2.42. The van der Waals surface area contributed by atoms with Gasteiger partial charge in [0.2, 0.25) is 0 Å². The monoisotopic (exact) mass is 607 g/mol. The summed E-state index contributed by atoms with van der Waals surface area (Å²) in [6, 6.07) is 22.6. The number of benzene rings is 3. The minimum atomic E-state index is -0.979. The molecule has 0 amide bonds. The number of carboxylic acids is 1. The molecule has 10 heteroatoms. The van der Waals surface area contributed by atoms with Gasteiger partial charge in [-0.2, -0.15) is 4.98 Å². The summed E-state index contributed by atoms with van der Waals surface area (Å²) in [5, 5.41) is 13.6. The second-order valence-corrected chi connectivity index (χ2v) is 11.6. The summed E-state index contributed by atoms with van der Waals surface area (Å²) in [6.07, 6.45) is 4.96. The first-order valence-electron chi connectivity index (χ1n) is 14.4. The normalized spacial score (nSPS) is 12.6. The van der Waals surface area contributed by atoms with Crippen LogP contribution in [0.3, 0.4) is 0 Å². The minimum absolute atomic E-state index is 0.0498. The Morgan fingerprint density at radius 2 is 1.64 bits per heavy atom. The van der Waals surface area contributed by atoms with Crippen LogP contribution in [0.5, 0.6) is 17.5 Å². The molecule has 230 valence electrons. The van der Waals surface area contributed by atoms with Crippen LogP contribution in [0.15, 0.2) is 97.5 Å². The Morgan fingerprint density at radius 3 is 2.29 bits per heavy atom. The first-order valence-corrected chi connectivity index (χ1v) is 14.4. The van der Waals surface area contributed by atoms with Gasteiger partial charge >= 0.3 is 12.0 Å². The maximum absolute atomic E-state index is 13.8. The van der Waals surface area contributed by atoms with Crippen LogP contribution in [0.1, 0.15) is 43.5 Å². The second kappa shape index (κ2) is 13.5. The van der Waals surface area contributed by atoms with Crippen molar-refractivity contribution < 1.29 is 23.8 Å². The van der Waals surface area contributed by atoms with Crippen molar-refractivity contribution >= 4 is 11.7 Å². The molecule has 0 fully saturated rings. The van der Waals surface area contributed by atoms with E-state index in [1.165, 1.54) is 18.3 Å². The number of rotatable bonds is 11. The van der Waals surface area contributed by atoms with Crippen molar-refractivity contribution in [2.75, 3.05) is 12.4 Å². The Hall–Kier alpha value is -5.38. The van der Waals surface area contributed by atoms with Crippen molar-refractivity contribution in [3.8, 4) is 28.9 Å². The van der Waals surface area contributed by atoms with Crippen LogP contribution in [-0.4, -0.2) is 38.1 Å². The summed E-state index contributed by atoms with van der Waals surface area (Å²) in [5.41, 5.74) is 3.05. The number of nitrogens with zero attached hydrogens (tertiary/aromatic N) is 4. The minimum Gasteiger partial charge on any atom is -0.497 e. The fraction of sp³-hybridized carbons (Fsp3) is 0.229. The van der Waals surface area contributed by atoms with E-state index >= 15 is 0 Å². The lowest BCUT2D eigenvalue weighted by Gasteiger charge is -2.34. The Balaban J connectivity index is 1.34. The van der Waals surface area contributed by atoms with E-state index < -0.39 is 29.0 Å². The number of methoxy groups -OCH3 is 1. The summed E-state index contributed by atoms with van der Waals surface area (Å²) < 4.78 is 25.0. The van der Waals surface area contributed by atoms with Crippen LogP contribution in [0.2, 0.25) is 0 Å². The van der Waals surface area contributed by atoms with Crippen LogP contribution in [0, 0.1) is 17.2 Å². The lowest BCUT2D eigenvalue weighted by molar-refractivity contribution is -0.146. The van der Waals surface area contributed by atoms with Crippen LogP contribution in [0.4, 0.5) is 10.1 Å². The SMILES string of the molecule is COc1ccc(CNc2cnc(-c3cccc(Oc4nccc(C(c5ccc(F)cc5)C(C(=O)O)C(C)(C)C)n4)c3)nc2)cc1. The van der Waals surface area contributed by atoms with Gasteiger partial charge in [-0.1, -0.05) is 57.2 Å². The molecule has 2 aromatic heterocycles. The summed E-state index contributed by atoms with van der Waals surface area (Å²) in [7, 11) is 1.64. The number of carbonyl (C=O) groups is 1. The van der Waals surface area contributed by atoms with Gasteiger partial charge in [-0.3, -0.25) is 4.79 Å². The van der Waals surface area contributed by atoms with E-state index in [0.29, 0.717) is 29.4 Å². The molecule has 0 spiro atoms. The number of ether oxygens (including phenoxy) is 2. The van der Waals surface area contributed by atoms with Crippen LogP contribution < -0.4 is 14.8 Å². The molecule has 0 aliphatic rings. The predicted molar refractivity (Wildman–Crippen MR) is 169 cm³/mol. The topological polar surface area (TPSA) is 119 Å². The molecule has 0 saturated heterocycles. The molecule has 3 aromatic carbocycles. The average molecular weight is 608 g/mol. The fourth-order valence-corrected chi connectivity index (χ4v) is 5.11. The maximum Gasteiger partial charge on any atom is 0.322 e. The van der Waals surface area contributed by atoms with E-state index in [4.69, 9.17) is 9.47 Å². The van der Waals surface area contributed by atoms with Gasteiger partial charge in [0, 0.05) is 24.2 Å². The molecule has 9 nitrogen and oxygen atoms in total. The van der Waals surface area contributed by atoms with Crippen molar-refractivity contribution in [3.05, 3.63) is 120 Å². The molecule has 2 unspecified atom stereocenters. The first kappa shape index (κ1) is 31.1. The maximum atomic E-state index is 13.8. The van der Waals surface area contributed by atoms with Gasteiger partial charge < -0.3 is 19.9 Å². The van der Waals surface area contributed by atoms with Gasteiger partial charge in [-0.05, 0) is 59.0 Å². The molecule has 5 aromatic rings. The summed E-state index contributed by atoms with van der Waals surface area (Å²) in [5.74, 6) is -1.15. The molecule has 0 bridgehead atoms. The number of halogens is 1. The molecule has 2 N–H and O–H groups in total. The quantitative estimate of drug-likeness (QED) is 0.159. The zero-order valence-electron chi connectivity index (χ0n) is 25.4. The lowest BCUT2D eigenvalue weighted by atomic mass is 9.69. The first-order chi connectivity index (χ1) is 21.6. The third-order valence-corrected chi connectivity index (χ3v) is 7.34. The van der Waals surface area contributed by atoms with Crippen LogP contribution in [-0.2, 0) is 11.3 Å². The molecule has 0 saturated carbocycles. The third-order valence-electron chi connectivity index (χ3n) is 7.34. The predicted octanol–water partition coefficient (Wildman–Crippen LogP) is 7.36. The summed E-state index contributed by atoms with van der Waals surface area (Å²) in [4.78, 5) is 30.4. The van der Waals surface area contributed by atoms with Gasteiger partial charge in [0.25, 0.3) is 0 Å². The zero-order valence-corrected chi connectivity index (χ0v) is 25.4. The molecule has 0 aliphatic heterocycles. The van der Waals surface area contributed by atoms with Crippen molar-refractivity contribution in [1.29, 1.82) is 0 Å². The second-order valence-electron chi connectivity index (χ2n) is 11.6. The Labute approximate surface area is 261 Å². The molecule has 2 heterocycles. The highest BCUT2D eigenvalue weighted by molar-refractivity contribution is 5.73. The van der Waals surface area contributed by atoms with E-state index in [1.807, 2.05) is 57.2 Å². The molecule has 45 heavy (non-hydrogen) atoms. The Morgan fingerprint density at radius 1 is 0.933 bits per heavy atom. The van der Waals surface area contributed by atoms with E-state index in [2.05, 4.69) is 25.3 Å². The van der Waals surface area contributed by atoms with E-state index in [-0.39, 0.29) is 6.01 Å². The van der Waals surface area contributed by atoms with Crippen LogP contribution >= 0.6 is 0 Å². The largest absolute Gasteiger partial charge is 0.497 e. The van der Waals surface area contributed by atoms with Gasteiger partial charge in [-0.25, -0.2) is 19.3 Å². The zero-order chi connectivity index (χ0) is 32.0. The number of nitrogens with one attached hydrogen (secondary N) is 1. The van der Waals surface area contributed by atoms with E-state index in [0.717, 1.165) is 22.6 Å². The van der Waals surface area contributed by atoms with Crippen molar-refractivity contribution in [2.45, 2.75) is 33.2 Å². The molecular weight excluding hydrogens is 573 g/mol. The number of hydrogen-bond donors (Lipinski definition) is 2. The smallest absolute Gasteiger partial charge is 0.322 e. The number of aliphatic carboxylic acids is 1. The fourth-order valence-electron chi connectivity index (χ4n) is 5.11. The molecule has 2 atom stereocenters. The molecule has 5 rings (SSSR count). The van der Waals surface area contributed by atoms with Gasteiger partial charge in [0.05, 0.1) is 36.8 Å². The van der Waals surface area contributed by atoms with Gasteiger partial charge in [0.15, 0.2) is 5.82 Å². The van der Waals surface area contributed by atoms with Gasteiger partial charge in [0.1, 0.15) is 17.3 Å². The van der Waals surface area contributed by atoms with E-state index in [1.54, 1.807) is 49.8 Å². The van der Waals surface area contributed by atoms with Gasteiger partial charge in [-0.15, -0.1) is 0 Å². The number of anilines is 1. The summed E-state index contributed by atoms with van der Waals surface area (Å²) >= 11 is 0. The van der Waals surface area contributed by atoms with Crippen molar-refractivity contribution in [2.24, 2.45) is 11.3 Å². The molecule has 0 radical (unpaired) electrons. The standard InChI is InChI=1S/C35H34FN5O4/c1-35(2,3)31(33(42)43)30(23-10-12-25(36)13-11-23)29-16-17-37-34(41-29)45-28-7-5-6-24(18-28)32-39-20-26(21-40-32)38-19-22-8-14-27(44-4)15-9-22/h5-18,20-21,30-31,38H,19H2,1-4H3,(H,42,43). The highest BCUT2D eigenvalue weighted by Gasteiger charge is 2.40. The number of aromatic nitrogens is 4. The Bertz CT molecular complexity index is 1740.